The first-order valence-corrected chi connectivity index (χ1v) is 5.02. The molecule has 2 aromatic rings. The van der Waals surface area contributed by atoms with E-state index in [2.05, 4.69) is 6.07 Å². The lowest BCUT2D eigenvalue weighted by molar-refractivity contribution is 0.155. The Labute approximate surface area is 82.2 Å². The molecule has 1 aromatic carbocycles. The maximum atomic E-state index is 9.59. The molecular weight excluding hydrogens is 176 g/mol. The first-order valence-electron chi connectivity index (χ1n) is 5.02. The maximum Gasteiger partial charge on any atom is 0.134 e. The van der Waals surface area contributed by atoms with Crippen molar-refractivity contribution < 1.29 is 9.52 Å². The van der Waals surface area contributed by atoms with Crippen LogP contribution in [0.15, 0.2) is 28.7 Å². The van der Waals surface area contributed by atoms with Crippen molar-refractivity contribution in [3.8, 4) is 0 Å². The number of aryl methyl sites for hydroxylation is 1. The Morgan fingerprint density at radius 3 is 3.07 bits per heavy atom. The molecule has 2 nitrogen and oxygen atoms in total. The minimum atomic E-state index is -0.191. The molecule has 72 valence electrons. The minimum absolute atomic E-state index is 0.191. The molecule has 0 amide bonds. The van der Waals surface area contributed by atoms with E-state index in [-0.39, 0.29) is 6.10 Å². The van der Waals surface area contributed by atoms with E-state index in [1.165, 1.54) is 10.9 Å². The zero-order valence-electron chi connectivity index (χ0n) is 7.86. The summed E-state index contributed by atoms with van der Waals surface area (Å²) in [5.41, 5.74) is 2.16. The monoisotopic (exact) mass is 188 g/mol. The van der Waals surface area contributed by atoms with Crippen molar-refractivity contribution in [2.45, 2.75) is 25.4 Å². The average molecular weight is 188 g/mol. The quantitative estimate of drug-likeness (QED) is 0.688. The molecule has 2 heteroatoms. The molecule has 0 radical (unpaired) electrons. The minimum Gasteiger partial charge on any atom is -0.461 e. The molecule has 0 spiro atoms. The highest BCUT2D eigenvalue weighted by atomic mass is 16.3. The lowest BCUT2D eigenvalue weighted by Gasteiger charge is -2.15. The van der Waals surface area contributed by atoms with Crippen LogP contribution in [0, 0.1) is 0 Å². The van der Waals surface area contributed by atoms with Crippen molar-refractivity contribution in [1.29, 1.82) is 0 Å². The molecule has 0 saturated heterocycles. The predicted octanol–water partition coefficient (Wildman–Crippen LogP) is 2.28. The van der Waals surface area contributed by atoms with Crippen LogP contribution in [0.2, 0.25) is 0 Å². The lowest BCUT2D eigenvalue weighted by Crippen LogP contribution is -2.17. The summed E-state index contributed by atoms with van der Waals surface area (Å²) in [7, 11) is 0. The van der Waals surface area contributed by atoms with E-state index in [1.807, 2.05) is 18.2 Å². The molecule has 1 unspecified atom stereocenters. The first-order chi connectivity index (χ1) is 6.84. The molecule has 0 saturated carbocycles. The van der Waals surface area contributed by atoms with Gasteiger partial charge < -0.3 is 9.52 Å². The molecule has 1 atom stereocenters. The van der Waals surface area contributed by atoms with Crippen molar-refractivity contribution in [1.82, 2.24) is 0 Å². The maximum absolute atomic E-state index is 9.59. The largest absolute Gasteiger partial charge is 0.461 e. The van der Waals surface area contributed by atoms with E-state index >= 15 is 0 Å². The Kier molecular flexibility index (Phi) is 1.64. The summed E-state index contributed by atoms with van der Waals surface area (Å²) < 4.78 is 5.73. The van der Waals surface area contributed by atoms with E-state index in [0.29, 0.717) is 0 Å². The zero-order valence-corrected chi connectivity index (χ0v) is 7.86. The summed E-state index contributed by atoms with van der Waals surface area (Å²) >= 11 is 0. The average Bonchev–Trinajstić information content (AvgIpc) is 2.56. The summed E-state index contributed by atoms with van der Waals surface area (Å²) in [6.45, 7) is 0. The van der Waals surface area contributed by atoms with E-state index in [9.17, 15) is 5.11 Å². The van der Waals surface area contributed by atoms with Crippen LogP contribution in [0.3, 0.4) is 0 Å². The van der Waals surface area contributed by atoms with Gasteiger partial charge >= 0.3 is 0 Å². The molecular formula is C12H12O2. The van der Waals surface area contributed by atoms with Crippen LogP contribution in [0.25, 0.3) is 11.0 Å². The Morgan fingerprint density at radius 1 is 1.29 bits per heavy atom. The second kappa shape index (κ2) is 2.85. The van der Waals surface area contributed by atoms with Crippen molar-refractivity contribution in [2.75, 3.05) is 0 Å². The number of para-hydroxylation sites is 1. The molecule has 1 aliphatic carbocycles. The number of hydrogen-bond donors (Lipinski definition) is 1. The summed E-state index contributed by atoms with van der Waals surface area (Å²) in [6, 6.07) is 8.04. The van der Waals surface area contributed by atoms with Crippen molar-refractivity contribution in [2.24, 2.45) is 0 Å². The molecule has 3 rings (SSSR count). The molecule has 1 aromatic heterocycles. The van der Waals surface area contributed by atoms with Gasteiger partial charge in [-0.2, -0.15) is 0 Å². The van der Waals surface area contributed by atoms with Gasteiger partial charge in [0.05, 0.1) is 6.10 Å². The SMILES string of the molecule is OC1CCc2oc3ccccc3c2C1. The third-order valence-electron chi connectivity index (χ3n) is 2.93. The fraction of sp³-hybridized carbons (Fsp3) is 0.333. The number of aliphatic hydroxyl groups excluding tert-OH is 1. The van der Waals surface area contributed by atoms with Gasteiger partial charge in [0.25, 0.3) is 0 Å². The number of hydrogen-bond acceptors (Lipinski definition) is 2. The first kappa shape index (κ1) is 8.06. The van der Waals surface area contributed by atoms with Crippen LogP contribution in [0.5, 0.6) is 0 Å². The molecule has 0 aliphatic heterocycles. The third-order valence-corrected chi connectivity index (χ3v) is 2.93. The number of furan rings is 1. The van der Waals surface area contributed by atoms with Gasteiger partial charge in [-0.05, 0) is 12.5 Å². The lowest BCUT2D eigenvalue weighted by atomic mass is 9.94. The predicted molar refractivity (Wildman–Crippen MR) is 54.2 cm³/mol. The molecule has 0 bridgehead atoms. The molecule has 1 aliphatic rings. The topological polar surface area (TPSA) is 33.4 Å². The number of aliphatic hydroxyl groups is 1. The van der Waals surface area contributed by atoms with E-state index < -0.39 is 0 Å². The fourth-order valence-corrected chi connectivity index (χ4v) is 2.21. The van der Waals surface area contributed by atoms with Gasteiger partial charge in [-0.25, -0.2) is 0 Å². The van der Waals surface area contributed by atoms with Gasteiger partial charge in [0, 0.05) is 23.8 Å². The highest BCUT2D eigenvalue weighted by molar-refractivity contribution is 5.82. The van der Waals surface area contributed by atoms with Crippen LogP contribution in [-0.4, -0.2) is 11.2 Å². The van der Waals surface area contributed by atoms with Crippen LogP contribution >= 0.6 is 0 Å². The summed E-state index contributed by atoms with van der Waals surface area (Å²) in [4.78, 5) is 0. The molecule has 1 heterocycles. The van der Waals surface area contributed by atoms with Crippen LogP contribution < -0.4 is 0 Å². The number of fused-ring (bicyclic) bond motifs is 3. The van der Waals surface area contributed by atoms with Crippen LogP contribution in [-0.2, 0) is 12.8 Å². The van der Waals surface area contributed by atoms with Crippen molar-refractivity contribution in [3.63, 3.8) is 0 Å². The highest BCUT2D eigenvalue weighted by Crippen LogP contribution is 2.31. The van der Waals surface area contributed by atoms with Crippen LogP contribution in [0.4, 0.5) is 0 Å². The number of benzene rings is 1. The van der Waals surface area contributed by atoms with Gasteiger partial charge in [0.15, 0.2) is 0 Å². The van der Waals surface area contributed by atoms with Crippen LogP contribution in [0.1, 0.15) is 17.7 Å². The van der Waals surface area contributed by atoms with Gasteiger partial charge in [0.2, 0.25) is 0 Å². The Bertz CT molecular complexity index is 470. The Hall–Kier alpha value is -1.28. The van der Waals surface area contributed by atoms with E-state index in [4.69, 9.17) is 4.42 Å². The zero-order chi connectivity index (χ0) is 9.54. The Morgan fingerprint density at radius 2 is 2.14 bits per heavy atom. The van der Waals surface area contributed by atoms with E-state index in [1.54, 1.807) is 0 Å². The third kappa shape index (κ3) is 1.07. The summed E-state index contributed by atoms with van der Waals surface area (Å²) in [6.07, 6.45) is 2.24. The Balaban J connectivity index is 2.25. The van der Waals surface area contributed by atoms with E-state index in [0.717, 1.165) is 30.6 Å². The van der Waals surface area contributed by atoms with Crippen molar-refractivity contribution in [3.05, 3.63) is 35.6 Å². The second-order valence-electron chi connectivity index (χ2n) is 3.90. The standard InChI is InChI=1S/C12H12O2/c13-8-5-6-12-10(7-8)9-3-1-2-4-11(9)14-12/h1-4,8,13H,5-7H2. The smallest absolute Gasteiger partial charge is 0.134 e. The molecule has 14 heavy (non-hydrogen) atoms. The molecule has 1 N–H and O–H groups in total. The van der Waals surface area contributed by atoms with Gasteiger partial charge in [0.1, 0.15) is 11.3 Å². The molecule has 0 fully saturated rings. The second-order valence-corrected chi connectivity index (χ2v) is 3.90. The summed E-state index contributed by atoms with van der Waals surface area (Å²) in [5, 5.41) is 10.8. The van der Waals surface area contributed by atoms with Crippen molar-refractivity contribution >= 4 is 11.0 Å². The summed E-state index contributed by atoms with van der Waals surface area (Å²) in [5.74, 6) is 1.07. The normalized spacial score (nSPS) is 21.1. The van der Waals surface area contributed by atoms with Gasteiger partial charge in [-0.3, -0.25) is 0 Å². The highest BCUT2D eigenvalue weighted by Gasteiger charge is 2.22. The van der Waals surface area contributed by atoms with Gasteiger partial charge in [-0.15, -0.1) is 0 Å². The number of rotatable bonds is 0. The fourth-order valence-electron chi connectivity index (χ4n) is 2.21. The van der Waals surface area contributed by atoms with Gasteiger partial charge in [-0.1, -0.05) is 18.2 Å².